The van der Waals surface area contributed by atoms with Crippen LogP contribution in [0.2, 0.25) is 5.02 Å². The average molecular weight is 344 g/mol. The summed E-state index contributed by atoms with van der Waals surface area (Å²) in [6, 6.07) is 5.02. The second kappa shape index (κ2) is 5.99. The first kappa shape index (κ1) is 16.0. The number of aliphatic carboxylic acids is 1. The molecule has 124 valence electrons. The molecule has 0 radical (unpaired) electrons. The van der Waals surface area contributed by atoms with Gasteiger partial charge in [-0.1, -0.05) is 11.6 Å². The van der Waals surface area contributed by atoms with Crippen molar-refractivity contribution in [3.05, 3.63) is 29.4 Å². The van der Waals surface area contributed by atoms with Gasteiger partial charge in [0.25, 0.3) is 0 Å². The van der Waals surface area contributed by atoms with E-state index >= 15 is 0 Å². The molecule has 0 aliphatic carbocycles. The molecule has 1 aromatic heterocycles. The van der Waals surface area contributed by atoms with E-state index in [1.54, 1.807) is 18.2 Å². The molecule has 1 aliphatic rings. The molecule has 2 heterocycles. The van der Waals surface area contributed by atoms with E-state index < -0.39 is 36.7 Å². The molecule has 9 heteroatoms. The molecule has 8 nitrogen and oxygen atoms in total. The quantitative estimate of drug-likeness (QED) is 0.533. The monoisotopic (exact) mass is 343 g/mol. The lowest BCUT2D eigenvalue weighted by Crippen LogP contribution is -2.61. The van der Waals surface area contributed by atoms with Gasteiger partial charge in [0, 0.05) is 22.1 Å². The summed E-state index contributed by atoms with van der Waals surface area (Å²) in [5, 5.41) is 39.4. The number of aromatic nitrogens is 1. The van der Waals surface area contributed by atoms with E-state index in [1.165, 1.54) is 6.20 Å². The number of benzene rings is 1. The summed E-state index contributed by atoms with van der Waals surface area (Å²) in [7, 11) is 0. The molecule has 1 aromatic carbocycles. The molecule has 5 N–H and O–H groups in total. The highest BCUT2D eigenvalue weighted by Gasteiger charge is 2.48. The Hall–Kier alpha value is -1.84. The Morgan fingerprint density at radius 1 is 1.22 bits per heavy atom. The first-order valence-electron chi connectivity index (χ1n) is 6.74. The van der Waals surface area contributed by atoms with Crippen molar-refractivity contribution in [1.82, 2.24) is 4.98 Å². The standard InChI is InChI=1S/C14H14ClNO7/c15-5-1-2-7-6(3-5)8(4-16-7)22-14-11(19)9(17)10(18)12(23-14)13(20)21/h1-4,9-12,14,16-19H,(H,20,21)/t9-,10-,11+,12-,14+/m0/s1. The van der Waals surface area contributed by atoms with Gasteiger partial charge in [-0.15, -0.1) is 0 Å². The Bertz CT molecular complexity index is 733. The van der Waals surface area contributed by atoms with Crippen LogP contribution in [0.4, 0.5) is 0 Å². The molecule has 1 saturated heterocycles. The van der Waals surface area contributed by atoms with Gasteiger partial charge in [-0.25, -0.2) is 4.79 Å². The van der Waals surface area contributed by atoms with Crippen LogP contribution in [0.25, 0.3) is 10.9 Å². The summed E-state index contributed by atoms with van der Waals surface area (Å²) in [6.45, 7) is 0. The Labute approximate surface area is 134 Å². The topological polar surface area (TPSA) is 132 Å². The van der Waals surface area contributed by atoms with Crippen molar-refractivity contribution < 1.29 is 34.7 Å². The molecular formula is C14H14ClNO7. The van der Waals surface area contributed by atoms with E-state index in [-0.39, 0.29) is 5.75 Å². The number of H-pyrrole nitrogens is 1. The van der Waals surface area contributed by atoms with Gasteiger partial charge >= 0.3 is 5.97 Å². The van der Waals surface area contributed by atoms with E-state index in [1.807, 2.05) is 0 Å². The van der Waals surface area contributed by atoms with E-state index in [4.69, 9.17) is 26.2 Å². The second-order valence-corrected chi connectivity index (χ2v) is 5.63. The van der Waals surface area contributed by atoms with Crippen LogP contribution in [0.15, 0.2) is 24.4 Å². The summed E-state index contributed by atoms with van der Waals surface area (Å²) >= 11 is 5.93. The number of carboxylic acid groups (broad SMARTS) is 1. The van der Waals surface area contributed by atoms with Crippen molar-refractivity contribution in [1.29, 1.82) is 0 Å². The van der Waals surface area contributed by atoms with Crippen molar-refractivity contribution in [2.45, 2.75) is 30.7 Å². The van der Waals surface area contributed by atoms with Gasteiger partial charge in [-0.05, 0) is 18.2 Å². The molecule has 23 heavy (non-hydrogen) atoms. The van der Waals surface area contributed by atoms with Crippen LogP contribution in [0.3, 0.4) is 0 Å². The van der Waals surface area contributed by atoms with Crippen LogP contribution in [0.5, 0.6) is 5.75 Å². The fraction of sp³-hybridized carbons (Fsp3) is 0.357. The van der Waals surface area contributed by atoms with Gasteiger partial charge in [-0.2, -0.15) is 0 Å². The molecule has 2 aromatic rings. The Morgan fingerprint density at radius 2 is 1.96 bits per heavy atom. The molecule has 1 fully saturated rings. The number of aromatic amines is 1. The highest BCUT2D eigenvalue weighted by molar-refractivity contribution is 6.31. The lowest BCUT2D eigenvalue weighted by Gasteiger charge is -2.38. The molecule has 0 unspecified atom stereocenters. The zero-order valence-electron chi connectivity index (χ0n) is 11.6. The van der Waals surface area contributed by atoms with E-state index in [2.05, 4.69) is 4.98 Å². The number of aliphatic hydroxyl groups excluding tert-OH is 3. The third kappa shape index (κ3) is 2.87. The first-order chi connectivity index (χ1) is 10.9. The lowest BCUT2D eigenvalue weighted by atomic mass is 9.99. The maximum absolute atomic E-state index is 11.1. The van der Waals surface area contributed by atoms with Crippen molar-refractivity contribution in [3.8, 4) is 5.75 Å². The van der Waals surface area contributed by atoms with Crippen LogP contribution >= 0.6 is 11.6 Å². The molecule has 5 atom stereocenters. The number of hydrogen-bond donors (Lipinski definition) is 5. The zero-order chi connectivity index (χ0) is 16.7. The van der Waals surface area contributed by atoms with E-state index in [0.29, 0.717) is 15.9 Å². The number of fused-ring (bicyclic) bond motifs is 1. The minimum absolute atomic E-state index is 0.263. The summed E-state index contributed by atoms with van der Waals surface area (Å²) < 4.78 is 10.5. The van der Waals surface area contributed by atoms with Gasteiger partial charge in [0.15, 0.2) is 6.10 Å². The minimum atomic E-state index is -1.76. The third-order valence-electron chi connectivity index (χ3n) is 3.66. The number of aliphatic hydroxyl groups is 3. The maximum Gasteiger partial charge on any atom is 0.335 e. The first-order valence-corrected chi connectivity index (χ1v) is 7.12. The van der Waals surface area contributed by atoms with Crippen LogP contribution < -0.4 is 4.74 Å². The number of rotatable bonds is 3. The number of halogens is 1. The van der Waals surface area contributed by atoms with Crippen LogP contribution in [0.1, 0.15) is 0 Å². The molecular weight excluding hydrogens is 330 g/mol. The van der Waals surface area contributed by atoms with Gasteiger partial charge in [0.05, 0.1) is 0 Å². The fourth-order valence-electron chi connectivity index (χ4n) is 2.44. The van der Waals surface area contributed by atoms with E-state index in [9.17, 15) is 20.1 Å². The van der Waals surface area contributed by atoms with Crippen molar-refractivity contribution >= 4 is 28.5 Å². The predicted molar refractivity (Wildman–Crippen MR) is 78.3 cm³/mol. The Kier molecular flexibility index (Phi) is 4.17. The summed E-state index contributed by atoms with van der Waals surface area (Å²) in [5.41, 5.74) is 0.713. The van der Waals surface area contributed by atoms with Crippen LogP contribution in [-0.2, 0) is 9.53 Å². The summed E-state index contributed by atoms with van der Waals surface area (Å²) in [5.74, 6) is -1.21. The normalized spacial score (nSPS) is 31.2. The summed E-state index contributed by atoms with van der Waals surface area (Å²) in [4.78, 5) is 14.0. The molecule has 0 saturated carbocycles. The summed E-state index contributed by atoms with van der Waals surface area (Å²) in [6.07, 6.45) is -6.79. The van der Waals surface area contributed by atoms with Gasteiger partial charge in [0.1, 0.15) is 24.1 Å². The van der Waals surface area contributed by atoms with Crippen LogP contribution in [0, 0.1) is 0 Å². The number of carbonyl (C=O) groups is 1. The van der Waals surface area contributed by atoms with E-state index in [0.717, 1.165) is 0 Å². The molecule has 0 bridgehead atoms. The number of nitrogens with one attached hydrogen (secondary N) is 1. The average Bonchev–Trinajstić information content (AvgIpc) is 2.89. The van der Waals surface area contributed by atoms with Crippen molar-refractivity contribution in [2.75, 3.05) is 0 Å². The smallest absolute Gasteiger partial charge is 0.335 e. The largest absolute Gasteiger partial charge is 0.479 e. The highest BCUT2D eigenvalue weighted by Crippen LogP contribution is 2.31. The lowest BCUT2D eigenvalue weighted by molar-refractivity contribution is -0.270. The SMILES string of the molecule is O=C(O)[C@H]1O[C@@H](Oc2c[nH]c3ccc(Cl)cc23)[C@H](O)[C@@H](O)[C@@H]1O. The highest BCUT2D eigenvalue weighted by atomic mass is 35.5. The number of ether oxygens (including phenoxy) is 2. The van der Waals surface area contributed by atoms with Crippen molar-refractivity contribution in [3.63, 3.8) is 0 Å². The van der Waals surface area contributed by atoms with Crippen LogP contribution in [-0.4, -0.2) is 62.1 Å². The molecule has 1 aliphatic heterocycles. The van der Waals surface area contributed by atoms with Gasteiger partial charge < -0.3 is 34.9 Å². The van der Waals surface area contributed by atoms with Crippen molar-refractivity contribution in [2.24, 2.45) is 0 Å². The molecule has 0 spiro atoms. The molecule has 0 amide bonds. The third-order valence-corrected chi connectivity index (χ3v) is 3.90. The second-order valence-electron chi connectivity index (χ2n) is 5.20. The maximum atomic E-state index is 11.1. The van der Waals surface area contributed by atoms with Gasteiger partial charge in [0.2, 0.25) is 6.29 Å². The zero-order valence-corrected chi connectivity index (χ0v) is 12.3. The number of carboxylic acids is 1. The number of hydrogen-bond acceptors (Lipinski definition) is 6. The predicted octanol–water partition coefficient (Wildman–Crippen LogP) is 0.0923. The fourth-order valence-corrected chi connectivity index (χ4v) is 2.61. The Morgan fingerprint density at radius 3 is 2.65 bits per heavy atom. The molecule has 3 rings (SSSR count). The van der Waals surface area contributed by atoms with Gasteiger partial charge in [-0.3, -0.25) is 0 Å². The minimum Gasteiger partial charge on any atom is -0.479 e. The Balaban J connectivity index is 1.88.